The minimum atomic E-state index is -1.11. The van der Waals surface area contributed by atoms with Crippen LogP contribution < -0.4 is 5.32 Å². The molecule has 0 radical (unpaired) electrons. The summed E-state index contributed by atoms with van der Waals surface area (Å²) in [6, 6.07) is 6.39. The van der Waals surface area contributed by atoms with Crippen molar-refractivity contribution in [2.24, 2.45) is 44.3 Å². The summed E-state index contributed by atoms with van der Waals surface area (Å²) in [6.45, 7) is 23.1. The zero-order valence-corrected chi connectivity index (χ0v) is 34.0. The minimum Gasteiger partial charge on any atom is -0.478 e. The molecule has 2 N–H and O–H groups in total. The van der Waals surface area contributed by atoms with Crippen LogP contribution in [0.3, 0.4) is 0 Å². The molecule has 5 fully saturated rings. The number of nitrogens with one attached hydrogen (secondary N) is 1. The van der Waals surface area contributed by atoms with Gasteiger partial charge in [0.2, 0.25) is 5.91 Å². The average Bonchev–Trinajstić information content (AvgIpc) is 3.10. The van der Waals surface area contributed by atoms with Crippen LogP contribution >= 0.6 is 0 Å². The molecule has 0 bridgehead atoms. The molecule has 1 aliphatic heterocycles. The summed E-state index contributed by atoms with van der Waals surface area (Å²) in [4.78, 5) is 44.8. The van der Waals surface area contributed by atoms with Gasteiger partial charge in [-0.15, -0.1) is 0 Å². The van der Waals surface area contributed by atoms with Crippen molar-refractivity contribution >= 4 is 17.8 Å². The molecular weight excluding hydrogens is 663 g/mol. The number of piperazine rings is 1. The van der Waals surface area contributed by atoms with Gasteiger partial charge in [0.1, 0.15) is 6.10 Å². The van der Waals surface area contributed by atoms with Crippen LogP contribution in [0.15, 0.2) is 35.4 Å². The first-order valence-corrected chi connectivity index (χ1v) is 20.8. The number of carbonyl (C=O) groups excluding carboxylic acids is 2. The third kappa shape index (κ3) is 6.20. The van der Waals surface area contributed by atoms with Gasteiger partial charge in [0, 0.05) is 44.7 Å². The molecule has 1 amide bonds. The van der Waals surface area contributed by atoms with Crippen molar-refractivity contribution in [3.05, 3.63) is 46.5 Å². The maximum absolute atomic E-state index is 14.5. The number of carbonyl (C=O) groups is 3. The molecule has 7 rings (SSSR count). The van der Waals surface area contributed by atoms with E-state index in [1.54, 1.807) is 23.8 Å². The van der Waals surface area contributed by atoms with Crippen LogP contribution in [0.2, 0.25) is 0 Å². The fourth-order valence-corrected chi connectivity index (χ4v) is 13.4. The highest BCUT2D eigenvalue weighted by molar-refractivity contribution is 6.02. The van der Waals surface area contributed by atoms with Crippen molar-refractivity contribution in [1.82, 2.24) is 15.1 Å². The number of carboxylic acid groups (broad SMARTS) is 1. The number of benzene rings is 1. The first-order chi connectivity index (χ1) is 24.9. The van der Waals surface area contributed by atoms with E-state index >= 15 is 0 Å². The molecule has 1 aromatic rings. The fourth-order valence-electron chi connectivity index (χ4n) is 13.4. The van der Waals surface area contributed by atoms with Crippen LogP contribution in [0.4, 0.5) is 0 Å². The lowest BCUT2D eigenvalue weighted by atomic mass is 9.34. The van der Waals surface area contributed by atoms with Gasteiger partial charge < -0.3 is 20.1 Å². The Morgan fingerprint density at radius 2 is 1.49 bits per heavy atom. The Balaban J connectivity index is 1.13. The zero-order chi connectivity index (χ0) is 38.2. The second-order valence-electron chi connectivity index (χ2n) is 20.3. The van der Waals surface area contributed by atoms with Gasteiger partial charge in [0.25, 0.3) is 0 Å². The van der Waals surface area contributed by atoms with Crippen LogP contribution in [-0.2, 0) is 9.53 Å². The first-order valence-electron chi connectivity index (χ1n) is 20.8. The molecule has 1 unspecified atom stereocenters. The molecular formula is C45H67N3O5. The highest BCUT2D eigenvalue weighted by Crippen LogP contribution is 2.75. The lowest BCUT2D eigenvalue weighted by Crippen LogP contribution is -2.64. The largest absolute Gasteiger partial charge is 0.478 e. The van der Waals surface area contributed by atoms with Gasteiger partial charge in [-0.05, 0) is 123 Å². The van der Waals surface area contributed by atoms with Crippen LogP contribution in [0.5, 0.6) is 0 Å². The van der Waals surface area contributed by atoms with Crippen molar-refractivity contribution in [1.29, 1.82) is 0 Å². The number of aromatic carboxylic acids is 1. The molecule has 8 nitrogen and oxygen atoms in total. The summed E-state index contributed by atoms with van der Waals surface area (Å²) in [6.07, 6.45) is 11.0. The Bertz CT molecular complexity index is 1660. The lowest BCUT2D eigenvalue weighted by Gasteiger charge is -2.71. The minimum absolute atomic E-state index is 0.00856. The van der Waals surface area contributed by atoms with Crippen LogP contribution in [0.25, 0.3) is 0 Å². The first kappa shape index (κ1) is 38.6. The van der Waals surface area contributed by atoms with E-state index in [0.717, 1.165) is 110 Å². The normalized spacial score (nSPS) is 38.1. The molecule has 0 aromatic heterocycles. The number of ether oxygens (including phenoxy) is 1. The molecule has 0 spiro atoms. The van der Waals surface area contributed by atoms with E-state index in [4.69, 9.17) is 4.74 Å². The molecule has 7 atom stereocenters. The van der Waals surface area contributed by atoms with Gasteiger partial charge in [0.05, 0.1) is 16.5 Å². The van der Waals surface area contributed by atoms with Gasteiger partial charge in [0.15, 0.2) is 0 Å². The Morgan fingerprint density at radius 3 is 2.19 bits per heavy atom. The number of allylic oxidation sites excluding steroid dienone is 1. The number of likely N-dealkylation sites (N-methyl/N-ethyl adjacent to an activating group) is 1. The smallest absolute Gasteiger partial charge is 0.339 e. The number of nitrogens with zero attached hydrogens (tertiary/aromatic N) is 2. The lowest BCUT2D eigenvalue weighted by molar-refractivity contribution is -0.205. The van der Waals surface area contributed by atoms with E-state index in [-0.39, 0.29) is 55.6 Å². The molecule has 5 aliphatic carbocycles. The molecule has 1 heterocycles. The van der Waals surface area contributed by atoms with Crippen molar-refractivity contribution in [2.45, 2.75) is 125 Å². The molecule has 8 heteroatoms. The number of hydrogen-bond acceptors (Lipinski definition) is 6. The molecule has 53 heavy (non-hydrogen) atoms. The summed E-state index contributed by atoms with van der Waals surface area (Å²) in [5, 5.41) is 13.2. The fraction of sp³-hybridized carbons (Fsp3) is 0.756. The van der Waals surface area contributed by atoms with Crippen molar-refractivity contribution in [3.8, 4) is 0 Å². The van der Waals surface area contributed by atoms with Crippen molar-refractivity contribution in [2.75, 3.05) is 46.3 Å². The van der Waals surface area contributed by atoms with E-state index in [1.807, 2.05) is 0 Å². The number of amides is 1. The number of hydrogen-bond donors (Lipinski definition) is 2. The quantitative estimate of drug-likeness (QED) is 0.216. The van der Waals surface area contributed by atoms with Gasteiger partial charge in [-0.3, -0.25) is 9.69 Å². The average molecular weight is 730 g/mol. The maximum Gasteiger partial charge on any atom is 0.339 e. The zero-order valence-electron chi connectivity index (χ0n) is 34.0. The Labute approximate surface area is 318 Å². The van der Waals surface area contributed by atoms with Crippen molar-refractivity contribution in [3.63, 3.8) is 0 Å². The van der Waals surface area contributed by atoms with Gasteiger partial charge in [-0.1, -0.05) is 71.7 Å². The third-order valence-electron chi connectivity index (χ3n) is 16.8. The van der Waals surface area contributed by atoms with Crippen molar-refractivity contribution < 1.29 is 24.2 Å². The van der Waals surface area contributed by atoms with Crippen LogP contribution in [0.1, 0.15) is 140 Å². The van der Waals surface area contributed by atoms with E-state index < -0.39 is 11.9 Å². The van der Waals surface area contributed by atoms with Gasteiger partial charge in [-0.25, -0.2) is 9.59 Å². The topological polar surface area (TPSA) is 99.2 Å². The van der Waals surface area contributed by atoms with E-state index in [1.165, 1.54) is 11.6 Å². The van der Waals surface area contributed by atoms with Crippen LogP contribution in [0, 0.1) is 44.3 Å². The standard InChI is InChI=1S/C45H67N3O5/c1-40(2)19-21-45(39(52)46-23-24-48-27-25-47(8)26-28-48)22-20-43(6)32(33(45)29-40)13-14-35-42(5)17-16-36(41(3,4)34(42)15-18-44(35,43)7)53-38(51)31-12-10-9-11-30(31)37(49)50/h9-12,34-36H,13-29H2,1-8H3,(H,46,52)(H,49,50)/t34-,35+,36-,42-,43+,44?,45-/m0/s1. The number of rotatable bonds is 7. The second kappa shape index (κ2) is 13.5. The molecule has 1 saturated heterocycles. The Hall–Kier alpha value is -2.71. The predicted molar refractivity (Wildman–Crippen MR) is 209 cm³/mol. The van der Waals surface area contributed by atoms with Gasteiger partial charge >= 0.3 is 11.9 Å². The summed E-state index contributed by atoms with van der Waals surface area (Å²) < 4.78 is 6.27. The SMILES string of the molecule is CN1CCN(CCNC(=O)[C@]23CCC(C)(C)CC2=C2CC[C@H]4C(C)(CC[C@H]5C(C)(C)[C@@H](OC(=O)c6ccccc6C(=O)O)CC[C@@]54C)[C@]2(C)CC3)CC1. The van der Waals surface area contributed by atoms with E-state index in [0.29, 0.717) is 11.8 Å². The highest BCUT2D eigenvalue weighted by atomic mass is 16.5. The molecule has 1 aromatic carbocycles. The van der Waals surface area contributed by atoms with E-state index in [9.17, 15) is 19.5 Å². The monoisotopic (exact) mass is 730 g/mol. The Morgan fingerprint density at radius 1 is 0.811 bits per heavy atom. The summed E-state index contributed by atoms with van der Waals surface area (Å²) in [5.74, 6) is -0.437. The Kier molecular flexibility index (Phi) is 9.82. The summed E-state index contributed by atoms with van der Waals surface area (Å²) >= 11 is 0. The number of carboxylic acids is 1. The summed E-state index contributed by atoms with van der Waals surface area (Å²) in [5.41, 5.74) is 3.08. The molecule has 292 valence electrons. The third-order valence-corrected chi connectivity index (χ3v) is 16.8. The molecule has 4 saturated carbocycles. The highest BCUT2D eigenvalue weighted by Gasteiger charge is 2.68. The summed E-state index contributed by atoms with van der Waals surface area (Å²) in [7, 11) is 2.19. The number of esters is 1. The maximum atomic E-state index is 14.5. The van der Waals surface area contributed by atoms with Gasteiger partial charge in [-0.2, -0.15) is 0 Å². The second-order valence-corrected chi connectivity index (χ2v) is 20.3. The molecule has 6 aliphatic rings. The predicted octanol–water partition coefficient (Wildman–Crippen LogP) is 8.22. The number of fused-ring (bicyclic) bond motifs is 6. The van der Waals surface area contributed by atoms with E-state index in [2.05, 4.69) is 70.6 Å². The van der Waals surface area contributed by atoms with Crippen LogP contribution in [-0.4, -0.2) is 85.2 Å².